The van der Waals surface area contributed by atoms with E-state index in [0.29, 0.717) is 37.4 Å². The van der Waals surface area contributed by atoms with Crippen LogP contribution >= 0.6 is 0 Å². The lowest BCUT2D eigenvalue weighted by Gasteiger charge is -2.33. The van der Waals surface area contributed by atoms with Crippen molar-refractivity contribution in [3.63, 3.8) is 0 Å². The molecular formula is C21H32N2O5S. The van der Waals surface area contributed by atoms with Crippen LogP contribution in [0.2, 0.25) is 0 Å². The highest BCUT2D eigenvalue weighted by Crippen LogP contribution is 2.32. The molecule has 2 aliphatic rings. The molecule has 1 saturated carbocycles. The number of benzene rings is 1. The third-order valence-corrected chi connectivity index (χ3v) is 8.07. The van der Waals surface area contributed by atoms with Gasteiger partial charge in [-0.2, -0.15) is 4.31 Å². The number of ether oxygens (including phenoxy) is 2. The molecular weight excluding hydrogens is 392 g/mol. The van der Waals surface area contributed by atoms with Gasteiger partial charge in [-0.15, -0.1) is 0 Å². The number of hydrogen-bond acceptors (Lipinski definition) is 5. The Morgan fingerprint density at radius 2 is 1.62 bits per heavy atom. The van der Waals surface area contributed by atoms with E-state index in [1.807, 2.05) is 0 Å². The molecule has 1 aliphatic heterocycles. The monoisotopic (exact) mass is 424 g/mol. The predicted octanol–water partition coefficient (Wildman–Crippen LogP) is 2.80. The molecule has 1 aromatic carbocycles. The van der Waals surface area contributed by atoms with Crippen molar-refractivity contribution < 1.29 is 22.7 Å². The molecule has 3 rings (SSSR count). The number of nitrogens with one attached hydrogen (secondary N) is 1. The molecule has 0 aromatic heterocycles. The van der Waals surface area contributed by atoms with Gasteiger partial charge in [0.2, 0.25) is 15.9 Å². The van der Waals surface area contributed by atoms with E-state index in [-0.39, 0.29) is 22.8 Å². The molecule has 0 bridgehead atoms. The van der Waals surface area contributed by atoms with Crippen LogP contribution in [0.25, 0.3) is 0 Å². The first-order chi connectivity index (χ1) is 13.8. The van der Waals surface area contributed by atoms with E-state index < -0.39 is 10.0 Å². The Morgan fingerprint density at radius 3 is 2.21 bits per heavy atom. The van der Waals surface area contributed by atoms with Gasteiger partial charge in [-0.05, 0) is 56.6 Å². The number of rotatable bonds is 6. The zero-order valence-electron chi connectivity index (χ0n) is 17.5. The fraction of sp³-hybridized carbons (Fsp3) is 0.667. The predicted molar refractivity (Wildman–Crippen MR) is 111 cm³/mol. The Hall–Kier alpha value is -1.80. The van der Waals surface area contributed by atoms with Crippen LogP contribution in [0, 0.1) is 11.8 Å². The van der Waals surface area contributed by atoms with Gasteiger partial charge in [0.05, 0.1) is 19.1 Å². The summed E-state index contributed by atoms with van der Waals surface area (Å²) in [5.74, 6) is 1.57. The average molecular weight is 425 g/mol. The molecule has 29 heavy (non-hydrogen) atoms. The first-order valence-corrected chi connectivity index (χ1v) is 11.8. The number of carbonyl (C=O) groups is 1. The minimum Gasteiger partial charge on any atom is -0.493 e. The first-order valence-electron chi connectivity index (χ1n) is 10.4. The lowest BCUT2D eigenvalue weighted by atomic mass is 9.87. The molecule has 1 saturated heterocycles. The van der Waals surface area contributed by atoms with Crippen molar-refractivity contribution in [1.82, 2.24) is 9.62 Å². The maximum absolute atomic E-state index is 13.0. The molecule has 1 N–H and O–H groups in total. The summed E-state index contributed by atoms with van der Waals surface area (Å²) in [7, 11) is -0.649. The summed E-state index contributed by atoms with van der Waals surface area (Å²) in [6, 6.07) is 4.88. The number of amides is 1. The molecule has 0 radical (unpaired) electrons. The smallest absolute Gasteiger partial charge is 0.243 e. The maximum atomic E-state index is 13.0. The van der Waals surface area contributed by atoms with Crippen LogP contribution in [-0.4, -0.2) is 52.0 Å². The lowest BCUT2D eigenvalue weighted by Crippen LogP contribution is -2.46. The lowest BCUT2D eigenvalue weighted by molar-refractivity contribution is -0.127. The van der Waals surface area contributed by atoms with E-state index in [9.17, 15) is 13.2 Å². The highest BCUT2D eigenvalue weighted by Gasteiger charge is 2.33. The third kappa shape index (κ3) is 5.04. The van der Waals surface area contributed by atoms with Crippen molar-refractivity contribution in [1.29, 1.82) is 0 Å². The zero-order valence-corrected chi connectivity index (χ0v) is 18.3. The Balaban J connectivity index is 1.58. The minimum absolute atomic E-state index is 0.0766. The van der Waals surface area contributed by atoms with Gasteiger partial charge in [0.1, 0.15) is 0 Å². The molecule has 8 heteroatoms. The number of methoxy groups -OCH3 is 2. The standard InChI is InChI=1S/C21H32N2O5S/c1-15-4-6-17(7-5-15)22-21(24)16-10-12-23(13-11-16)29(25,26)18-8-9-19(27-2)20(14-18)28-3/h8-9,14-17H,4-7,10-13H2,1-3H3,(H,22,24). The van der Waals surface area contributed by atoms with Crippen LogP contribution in [-0.2, 0) is 14.8 Å². The molecule has 1 heterocycles. The third-order valence-electron chi connectivity index (χ3n) is 6.18. The molecule has 1 aromatic rings. The maximum Gasteiger partial charge on any atom is 0.243 e. The summed E-state index contributed by atoms with van der Waals surface area (Å²) in [6.07, 6.45) is 5.49. The Labute approximate surface area is 173 Å². The quantitative estimate of drug-likeness (QED) is 0.759. The normalized spacial score (nSPS) is 24.1. The Kier molecular flexibility index (Phi) is 7.05. The van der Waals surface area contributed by atoms with Crippen molar-refractivity contribution >= 4 is 15.9 Å². The topological polar surface area (TPSA) is 84.9 Å². The second-order valence-electron chi connectivity index (χ2n) is 8.16. The van der Waals surface area contributed by atoms with E-state index in [2.05, 4.69) is 12.2 Å². The largest absolute Gasteiger partial charge is 0.493 e. The van der Waals surface area contributed by atoms with Crippen LogP contribution in [0.3, 0.4) is 0 Å². The van der Waals surface area contributed by atoms with Gasteiger partial charge < -0.3 is 14.8 Å². The van der Waals surface area contributed by atoms with Crippen LogP contribution < -0.4 is 14.8 Å². The molecule has 0 unspecified atom stereocenters. The van der Waals surface area contributed by atoms with Crippen molar-refractivity contribution in [3.8, 4) is 11.5 Å². The van der Waals surface area contributed by atoms with Gasteiger partial charge >= 0.3 is 0 Å². The summed E-state index contributed by atoms with van der Waals surface area (Å²) in [4.78, 5) is 12.8. The van der Waals surface area contributed by atoms with Crippen LogP contribution in [0.5, 0.6) is 11.5 Å². The number of piperidine rings is 1. The van der Waals surface area contributed by atoms with Crippen LogP contribution in [0.15, 0.2) is 23.1 Å². The molecule has 2 fully saturated rings. The summed E-state index contributed by atoms with van der Waals surface area (Å²) in [6.45, 7) is 2.94. The number of sulfonamides is 1. The van der Waals surface area contributed by atoms with Gasteiger partial charge in [0.25, 0.3) is 0 Å². The second-order valence-corrected chi connectivity index (χ2v) is 10.1. The summed E-state index contributed by atoms with van der Waals surface area (Å²) in [5, 5.41) is 3.18. The van der Waals surface area contributed by atoms with E-state index in [4.69, 9.17) is 9.47 Å². The fourth-order valence-electron chi connectivity index (χ4n) is 4.21. The Bertz CT molecular complexity index is 810. The van der Waals surface area contributed by atoms with E-state index in [0.717, 1.165) is 31.6 Å². The summed E-state index contributed by atoms with van der Waals surface area (Å²) in [5.41, 5.74) is 0. The fourth-order valence-corrected chi connectivity index (χ4v) is 5.69. The second kappa shape index (κ2) is 9.34. The molecule has 162 valence electrons. The van der Waals surface area contributed by atoms with Gasteiger partial charge in [0, 0.05) is 31.1 Å². The van der Waals surface area contributed by atoms with Crippen LogP contribution in [0.1, 0.15) is 45.4 Å². The highest BCUT2D eigenvalue weighted by molar-refractivity contribution is 7.89. The molecule has 1 amide bonds. The van der Waals surface area contributed by atoms with E-state index >= 15 is 0 Å². The van der Waals surface area contributed by atoms with E-state index in [1.54, 1.807) is 6.07 Å². The number of hydrogen-bond donors (Lipinski definition) is 1. The summed E-state index contributed by atoms with van der Waals surface area (Å²) < 4.78 is 37.9. The summed E-state index contributed by atoms with van der Waals surface area (Å²) >= 11 is 0. The highest BCUT2D eigenvalue weighted by atomic mass is 32.2. The SMILES string of the molecule is COc1ccc(S(=O)(=O)N2CCC(C(=O)NC3CCC(C)CC3)CC2)cc1OC. The van der Waals surface area contributed by atoms with Crippen LogP contribution in [0.4, 0.5) is 0 Å². The average Bonchev–Trinajstić information content (AvgIpc) is 2.74. The van der Waals surface area contributed by atoms with Crippen molar-refractivity contribution in [2.45, 2.75) is 56.4 Å². The van der Waals surface area contributed by atoms with E-state index in [1.165, 1.54) is 30.7 Å². The Morgan fingerprint density at radius 1 is 1.00 bits per heavy atom. The number of carbonyl (C=O) groups excluding carboxylic acids is 1. The van der Waals surface area contributed by atoms with Crippen molar-refractivity contribution in [2.75, 3.05) is 27.3 Å². The van der Waals surface area contributed by atoms with Gasteiger partial charge in [-0.3, -0.25) is 4.79 Å². The van der Waals surface area contributed by atoms with Gasteiger partial charge in [-0.1, -0.05) is 6.92 Å². The molecule has 0 spiro atoms. The molecule has 7 nitrogen and oxygen atoms in total. The molecule has 1 aliphatic carbocycles. The first kappa shape index (κ1) is 21.9. The van der Waals surface area contributed by atoms with Crippen molar-refractivity contribution in [2.24, 2.45) is 11.8 Å². The van der Waals surface area contributed by atoms with Crippen molar-refractivity contribution in [3.05, 3.63) is 18.2 Å². The molecule has 0 atom stereocenters. The van der Waals surface area contributed by atoms with Gasteiger partial charge in [0.15, 0.2) is 11.5 Å². The minimum atomic E-state index is -3.64. The zero-order chi connectivity index (χ0) is 21.0. The number of nitrogens with zero attached hydrogens (tertiary/aromatic N) is 1. The van der Waals surface area contributed by atoms with Gasteiger partial charge in [-0.25, -0.2) is 8.42 Å².